The van der Waals surface area contributed by atoms with Gasteiger partial charge in [-0.15, -0.1) is 0 Å². The molecule has 0 aromatic carbocycles. The molecule has 1 N–H and O–H groups in total. The second-order valence-corrected chi connectivity index (χ2v) is 4.57. The van der Waals surface area contributed by atoms with Gasteiger partial charge in [0.05, 0.1) is 6.61 Å². The van der Waals surface area contributed by atoms with E-state index in [1.165, 1.54) is 19.4 Å². The Balaban J connectivity index is 2.22. The van der Waals surface area contributed by atoms with Gasteiger partial charge in [0, 0.05) is 38.3 Å². The third-order valence-corrected chi connectivity index (χ3v) is 3.25. The highest BCUT2D eigenvalue weighted by molar-refractivity contribution is 4.72. The Bertz CT molecular complexity index is 156. The van der Waals surface area contributed by atoms with Crippen LogP contribution in [0.1, 0.15) is 33.6 Å². The third-order valence-electron chi connectivity index (χ3n) is 3.25. The average Bonchev–Trinajstić information content (AvgIpc) is 2.53. The van der Waals surface area contributed by atoms with Crippen LogP contribution < -0.4 is 5.32 Å². The maximum Gasteiger partial charge on any atom is 0.0593 e. The van der Waals surface area contributed by atoms with Crippen LogP contribution in [0.4, 0.5) is 0 Å². The summed E-state index contributed by atoms with van der Waals surface area (Å²) >= 11 is 0. The zero-order valence-corrected chi connectivity index (χ0v) is 10.5. The molecule has 3 nitrogen and oxygen atoms in total. The molecule has 0 aliphatic carbocycles. The van der Waals surface area contributed by atoms with Gasteiger partial charge in [-0.05, 0) is 26.7 Å². The van der Waals surface area contributed by atoms with E-state index in [4.69, 9.17) is 4.74 Å². The van der Waals surface area contributed by atoms with Crippen molar-refractivity contribution in [3.63, 3.8) is 0 Å². The van der Waals surface area contributed by atoms with Gasteiger partial charge in [0.2, 0.25) is 0 Å². The van der Waals surface area contributed by atoms with Crippen LogP contribution in [0.3, 0.4) is 0 Å². The lowest BCUT2D eigenvalue weighted by atomic mass is 10.2. The smallest absolute Gasteiger partial charge is 0.0593 e. The molecule has 0 saturated carbocycles. The Labute approximate surface area is 94.2 Å². The number of nitrogens with zero attached hydrogens (tertiary/aromatic N) is 1. The van der Waals surface area contributed by atoms with E-state index in [0.717, 1.165) is 26.3 Å². The van der Waals surface area contributed by atoms with Gasteiger partial charge < -0.3 is 10.1 Å². The summed E-state index contributed by atoms with van der Waals surface area (Å²) in [4.78, 5) is 2.53. The molecule has 0 aromatic heterocycles. The minimum absolute atomic E-state index is 0.626. The molecule has 3 heteroatoms. The molecule has 90 valence electrons. The summed E-state index contributed by atoms with van der Waals surface area (Å²) in [7, 11) is 0. The quantitative estimate of drug-likeness (QED) is 0.750. The van der Waals surface area contributed by atoms with E-state index in [9.17, 15) is 0 Å². The summed E-state index contributed by atoms with van der Waals surface area (Å²) in [6.45, 7) is 12.0. The number of hydrogen-bond acceptors (Lipinski definition) is 3. The fraction of sp³-hybridized carbons (Fsp3) is 1.00. The summed E-state index contributed by atoms with van der Waals surface area (Å²) in [6.07, 6.45) is 2.38. The van der Waals surface area contributed by atoms with Crippen LogP contribution in [0, 0.1) is 0 Å². The number of rotatable bonds is 5. The summed E-state index contributed by atoms with van der Waals surface area (Å²) in [5.41, 5.74) is 0. The summed E-state index contributed by atoms with van der Waals surface area (Å²) < 4.78 is 5.46. The maximum atomic E-state index is 5.46. The minimum atomic E-state index is 0.626. The summed E-state index contributed by atoms with van der Waals surface area (Å²) in [5.74, 6) is 0. The van der Waals surface area contributed by atoms with Crippen molar-refractivity contribution in [2.45, 2.75) is 45.7 Å². The Morgan fingerprint density at radius 1 is 1.27 bits per heavy atom. The molecule has 0 aromatic rings. The predicted molar refractivity (Wildman–Crippen MR) is 64.2 cm³/mol. The molecular weight excluding hydrogens is 188 g/mol. The van der Waals surface area contributed by atoms with E-state index in [2.05, 4.69) is 31.0 Å². The lowest BCUT2D eigenvalue weighted by Crippen LogP contribution is -2.43. The minimum Gasteiger partial charge on any atom is -0.380 e. The van der Waals surface area contributed by atoms with Crippen LogP contribution in [-0.2, 0) is 4.74 Å². The summed E-state index contributed by atoms with van der Waals surface area (Å²) in [5, 5.41) is 3.57. The molecule has 1 fully saturated rings. The van der Waals surface area contributed by atoms with Crippen molar-refractivity contribution in [3.8, 4) is 0 Å². The van der Waals surface area contributed by atoms with Crippen molar-refractivity contribution < 1.29 is 4.74 Å². The van der Waals surface area contributed by atoms with Gasteiger partial charge >= 0.3 is 0 Å². The van der Waals surface area contributed by atoms with Crippen molar-refractivity contribution in [1.82, 2.24) is 10.2 Å². The van der Waals surface area contributed by atoms with Crippen molar-refractivity contribution in [2.75, 3.05) is 32.8 Å². The first-order valence-corrected chi connectivity index (χ1v) is 6.29. The van der Waals surface area contributed by atoms with Crippen LogP contribution >= 0.6 is 0 Å². The molecule has 0 bridgehead atoms. The first-order valence-electron chi connectivity index (χ1n) is 6.29. The van der Waals surface area contributed by atoms with E-state index < -0.39 is 0 Å². The van der Waals surface area contributed by atoms with Crippen LogP contribution in [-0.4, -0.2) is 49.8 Å². The molecule has 15 heavy (non-hydrogen) atoms. The van der Waals surface area contributed by atoms with E-state index in [0.29, 0.717) is 12.1 Å². The van der Waals surface area contributed by atoms with Gasteiger partial charge in [-0.25, -0.2) is 0 Å². The van der Waals surface area contributed by atoms with Crippen LogP contribution in [0.5, 0.6) is 0 Å². The normalized spacial score (nSPS) is 23.4. The highest BCUT2D eigenvalue weighted by Gasteiger charge is 2.15. The van der Waals surface area contributed by atoms with Crippen molar-refractivity contribution in [3.05, 3.63) is 0 Å². The van der Waals surface area contributed by atoms with Crippen molar-refractivity contribution in [2.24, 2.45) is 0 Å². The zero-order chi connectivity index (χ0) is 11.1. The highest BCUT2D eigenvalue weighted by atomic mass is 16.5. The second kappa shape index (κ2) is 7.20. The van der Waals surface area contributed by atoms with Gasteiger partial charge in [0.15, 0.2) is 0 Å². The molecule has 0 radical (unpaired) electrons. The number of ether oxygens (including phenoxy) is 1. The lowest BCUT2D eigenvalue weighted by Gasteiger charge is -2.28. The Kier molecular flexibility index (Phi) is 6.22. The van der Waals surface area contributed by atoms with Crippen molar-refractivity contribution in [1.29, 1.82) is 0 Å². The SMILES string of the molecule is CCC(C)NCC(C)N1CCCOCC1. The highest BCUT2D eigenvalue weighted by Crippen LogP contribution is 2.04. The molecule has 1 heterocycles. The van der Waals surface area contributed by atoms with Crippen molar-refractivity contribution >= 4 is 0 Å². The van der Waals surface area contributed by atoms with Crippen LogP contribution in [0.2, 0.25) is 0 Å². The first kappa shape index (κ1) is 12.9. The van der Waals surface area contributed by atoms with Gasteiger partial charge in [-0.2, -0.15) is 0 Å². The standard InChI is InChI=1S/C12H26N2O/c1-4-11(2)13-10-12(3)14-6-5-8-15-9-7-14/h11-13H,4-10H2,1-3H3. The largest absolute Gasteiger partial charge is 0.380 e. The monoisotopic (exact) mass is 214 g/mol. The molecular formula is C12H26N2O. The Morgan fingerprint density at radius 2 is 2.07 bits per heavy atom. The molecule has 2 unspecified atom stereocenters. The van der Waals surface area contributed by atoms with Gasteiger partial charge in [0.1, 0.15) is 0 Å². The van der Waals surface area contributed by atoms with Crippen LogP contribution in [0.25, 0.3) is 0 Å². The van der Waals surface area contributed by atoms with E-state index in [-0.39, 0.29) is 0 Å². The fourth-order valence-corrected chi connectivity index (χ4v) is 1.85. The predicted octanol–water partition coefficient (Wildman–Crippen LogP) is 1.49. The Hall–Kier alpha value is -0.120. The van der Waals surface area contributed by atoms with E-state index in [1.807, 2.05) is 0 Å². The lowest BCUT2D eigenvalue weighted by molar-refractivity contribution is 0.133. The van der Waals surface area contributed by atoms with Gasteiger partial charge in [-0.3, -0.25) is 4.90 Å². The molecule has 1 rings (SSSR count). The zero-order valence-electron chi connectivity index (χ0n) is 10.5. The fourth-order valence-electron chi connectivity index (χ4n) is 1.85. The van der Waals surface area contributed by atoms with Gasteiger partial charge in [-0.1, -0.05) is 6.92 Å². The van der Waals surface area contributed by atoms with E-state index in [1.54, 1.807) is 0 Å². The molecule has 0 amide bonds. The second-order valence-electron chi connectivity index (χ2n) is 4.57. The first-order chi connectivity index (χ1) is 7.24. The summed E-state index contributed by atoms with van der Waals surface area (Å²) in [6, 6.07) is 1.26. The third kappa shape index (κ3) is 4.96. The Morgan fingerprint density at radius 3 is 2.80 bits per heavy atom. The molecule has 1 aliphatic heterocycles. The number of nitrogens with one attached hydrogen (secondary N) is 1. The molecule has 1 saturated heterocycles. The van der Waals surface area contributed by atoms with E-state index >= 15 is 0 Å². The maximum absolute atomic E-state index is 5.46. The topological polar surface area (TPSA) is 24.5 Å². The molecule has 2 atom stereocenters. The molecule has 1 aliphatic rings. The average molecular weight is 214 g/mol. The number of hydrogen-bond donors (Lipinski definition) is 1. The van der Waals surface area contributed by atoms with Gasteiger partial charge in [0.25, 0.3) is 0 Å². The van der Waals surface area contributed by atoms with Crippen LogP contribution in [0.15, 0.2) is 0 Å². The molecule has 0 spiro atoms.